The van der Waals surface area contributed by atoms with E-state index in [0.717, 1.165) is 58.3 Å². The maximum absolute atomic E-state index is 12.0. The van der Waals surface area contributed by atoms with Gasteiger partial charge in [0, 0.05) is 31.9 Å². The minimum absolute atomic E-state index is 0.00705. The highest BCUT2D eigenvalue weighted by Gasteiger charge is 2.34. The van der Waals surface area contributed by atoms with Crippen LogP contribution in [-0.4, -0.2) is 50.0 Å². The topological polar surface area (TPSA) is 59.6 Å². The maximum Gasteiger partial charge on any atom is 0.234 e. The fourth-order valence-electron chi connectivity index (χ4n) is 3.30. The zero-order chi connectivity index (χ0) is 15.1. The lowest BCUT2D eigenvalue weighted by molar-refractivity contribution is -0.122. The van der Waals surface area contributed by atoms with Crippen molar-refractivity contribution in [1.29, 1.82) is 0 Å². The molecule has 2 N–H and O–H groups in total. The lowest BCUT2D eigenvalue weighted by Crippen LogP contribution is -2.50. The summed E-state index contributed by atoms with van der Waals surface area (Å²) in [6.45, 7) is 7.08. The lowest BCUT2D eigenvalue weighted by Gasteiger charge is -2.40. The molecule has 0 aromatic rings. The van der Waals surface area contributed by atoms with Crippen molar-refractivity contribution >= 4 is 5.91 Å². The summed E-state index contributed by atoms with van der Waals surface area (Å²) in [5.41, 5.74) is 0.00705. The Balaban J connectivity index is 1.70. The monoisotopic (exact) mass is 298 g/mol. The van der Waals surface area contributed by atoms with E-state index < -0.39 is 0 Å². The quantitative estimate of drug-likeness (QED) is 0.782. The average molecular weight is 298 g/mol. The summed E-state index contributed by atoms with van der Waals surface area (Å²) in [6.07, 6.45) is 5.93. The Morgan fingerprint density at radius 2 is 1.76 bits per heavy atom. The van der Waals surface area contributed by atoms with Crippen LogP contribution in [0, 0.1) is 0 Å². The standard InChI is InChI=1S/C16H30N2O3/c1-3-16(4-2)11-14(7-10-21-16)17-12-15(19)18-13-5-8-20-9-6-13/h13-14,17H,3-12H2,1-2H3,(H,18,19). The van der Waals surface area contributed by atoms with Gasteiger partial charge in [0.2, 0.25) is 5.91 Å². The molecule has 2 fully saturated rings. The number of hydrogen-bond acceptors (Lipinski definition) is 4. The van der Waals surface area contributed by atoms with Gasteiger partial charge in [0.15, 0.2) is 0 Å². The van der Waals surface area contributed by atoms with E-state index >= 15 is 0 Å². The van der Waals surface area contributed by atoms with Gasteiger partial charge in [-0.1, -0.05) is 13.8 Å². The van der Waals surface area contributed by atoms with Gasteiger partial charge in [-0.15, -0.1) is 0 Å². The van der Waals surface area contributed by atoms with Crippen molar-refractivity contribution in [2.75, 3.05) is 26.4 Å². The van der Waals surface area contributed by atoms with Crippen molar-refractivity contribution in [3.05, 3.63) is 0 Å². The van der Waals surface area contributed by atoms with E-state index in [1.54, 1.807) is 0 Å². The molecule has 2 heterocycles. The molecule has 2 saturated heterocycles. The molecule has 0 aromatic carbocycles. The molecule has 0 saturated carbocycles. The molecule has 2 rings (SSSR count). The highest BCUT2D eigenvalue weighted by Crippen LogP contribution is 2.31. The van der Waals surface area contributed by atoms with E-state index in [0.29, 0.717) is 12.6 Å². The van der Waals surface area contributed by atoms with E-state index in [9.17, 15) is 4.79 Å². The third-order valence-corrected chi connectivity index (χ3v) is 4.92. The van der Waals surface area contributed by atoms with Gasteiger partial charge >= 0.3 is 0 Å². The van der Waals surface area contributed by atoms with E-state index in [2.05, 4.69) is 24.5 Å². The maximum atomic E-state index is 12.0. The largest absolute Gasteiger partial charge is 0.381 e. The second-order valence-electron chi connectivity index (χ2n) is 6.26. The van der Waals surface area contributed by atoms with E-state index in [4.69, 9.17) is 9.47 Å². The fourth-order valence-corrected chi connectivity index (χ4v) is 3.30. The van der Waals surface area contributed by atoms with Crippen LogP contribution >= 0.6 is 0 Å². The molecular weight excluding hydrogens is 268 g/mol. The lowest BCUT2D eigenvalue weighted by atomic mass is 9.86. The van der Waals surface area contributed by atoms with Crippen LogP contribution in [0.25, 0.3) is 0 Å². The van der Waals surface area contributed by atoms with E-state index in [1.165, 1.54) is 0 Å². The molecule has 1 unspecified atom stereocenters. The molecule has 2 aliphatic heterocycles. The van der Waals surface area contributed by atoms with Crippen molar-refractivity contribution in [1.82, 2.24) is 10.6 Å². The zero-order valence-corrected chi connectivity index (χ0v) is 13.5. The Hall–Kier alpha value is -0.650. The molecule has 1 atom stereocenters. The van der Waals surface area contributed by atoms with E-state index in [-0.39, 0.29) is 17.6 Å². The summed E-state index contributed by atoms with van der Waals surface area (Å²) in [5, 5.41) is 6.51. The first-order valence-corrected chi connectivity index (χ1v) is 8.42. The Bertz CT molecular complexity index is 325. The molecule has 5 nitrogen and oxygen atoms in total. The van der Waals surface area contributed by atoms with Crippen molar-refractivity contribution < 1.29 is 14.3 Å². The molecule has 0 bridgehead atoms. The number of ether oxygens (including phenoxy) is 2. The van der Waals surface area contributed by atoms with Crippen LogP contribution in [0.2, 0.25) is 0 Å². The van der Waals surface area contributed by atoms with Crippen LogP contribution in [0.4, 0.5) is 0 Å². The highest BCUT2D eigenvalue weighted by molar-refractivity contribution is 5.78. The summed E-state index contributed by atoms with van der Waals surface area (Å²) in [4.78, 5) is 12.0. The molecule has 2 aliphatic rings. The van der Waals surface area contributed by atoms with Crippen molar-refractivity contribution in [3.8, 4) is 0 Å². The first-order chi connectivity index (χ1) is 10.2. The number of nitrogens with one attached hydrogen (secondary N) is 2. The molecule has 122 valence electrons. The fraction of sp³-hybridized carbons (Fsp3) is 0.938. The number of amides is 1. The Labute approximate surface area is 128 Å². The molecule has 21 heavy (non-hydrogen) atoms. The van der Waals surface area contributed by atoms with Gasteiger partial charge in [0.05, 0.1) is 12.1 Å². The molecule has 0 spiro atoms. The smallest absolute Gasteiger partial charge is 0.234 e. The van der Waals surface area contributed by atoms with Crippen LogP contribution in [0.5, 0.6) is 0 Å². The average Bonchev–Trinajstić information content (AvgIpc) is 2.54. The normalized spacial score (nSPS) is 26.5. The third-order valence-electron chi connectivity index (χ3n) is 4.92. The molecule has 1 amide bonds. The Morgan fingerprint density at radius 3 is 2.43 bits per heavy atom. The summed E-state index contributed by atoms with van der Waals surface area (Å²) in [7, 11) is 0. The molecule has 0 aromatic heterocycles. The molecule has 0 aliphatic carbocycles. The van der Waals surface area contributed by atoms with Crippen molar-refractivity contribution in [2.24, 2.45) is 0 Å². The molecule has 5 heteroatoms. The first-order valence-electron chi connectivity index (χ1n) is 8.42. The SMILES string of the molecule is CCC1(CC)CC(NCC(=O)NC2CCOCC2)CCO1. The number of rotatable bonds is 6. The predicted octanol–water partition coefficient (Wildman–Crippen LogP) is 1.61. The molecule has 0 radical (unpaired) electrons. The van der Waals surface area contributed by atoms with Gasteiger partial charge in [0.1, 0.15) is 0 Å². The number of hydrogen-bond donors (Lipinski definition) is 2. The van der Waals surface area contributed by atoms with Crippen LogP contribution in [-0.2, 0) is 14.3 Å². The van der Waals surface area contributed by atoms with Gasteiger partial charge < -0.3 is 20.1 Å². The third kappa shape index (κ3) is 4.94. The van der Waals surface area contributed by atoms with E-state index in [1.807, 2.05) is 0 Å². The van der Waals surface area contributed by atoms with Gasteiger partial charge in [-0.05, 0) is 38.5 Å². The van der Waals surface area contributed by atoms with Crippen molar-refractivity contribution in [3.63, 3.8) is 0 Å². The highest BCUT2D eigenvalue weighted by atomic mass is 16.5. The van der Waals surface area contributed by atoms with Crippen LogP contribution in [0.15, 0.2) is 0 Å². The zero-order valence-electron chi connectivity index (χ0n) is 13.5. The number of carbonyl (C=O) groups is 1. The van der Waals surface area contributed by atoms with Gasteiger partial charge in [-0.2, -0.15) is 0 Å². The van der Waals surface area contributed by atoms with Gasteiger partial charge in [0.25, 0.3) is 0 Å². The second kappa shape index (κ2) is 8.11. The molecular formula is C16H30N2O3. The summed E-state index contributed by atoms with van der Waals surface area (Å²) in [6, 6.07) is 0.673. The van der Waals surface area contributed by atoms with Crippen LogP contribution < -0.4 is 10.6 Å². The van der Waals surface area contributed by atoms with Gasteiger partial charge in [-0.3, -0.25) is 4.79 Å². The number of carbonyl (C=O) groups excluding carboxylic acids is 1. The summed E-state index contributed by atoms with van der Waals surface area (Å²) >= 11 is 0. The second-order valence-corrected chi connectivity index (χ2v) is 6.26. The first kappa shape index (κ1) is 16.7. The van der Waals surface area contributed by atoms with Gasteiger partial charge in [-0.25, -0.2) is 0 Å². The Morgan fingerprint density at radius 1 is 1.10 bits per heavy atom. The minimum Gasteiger partial charge on any atom is -0.381 e. The van der Waals surface area contributed by atoms with Crippen LogP contribution in [0.1, 0.15) is 52.4 Å². The van der Waals surface area contributed by atoms with Crippen LogP contribution in [0.3, 0.4) is 0 Å². The predicted molar refractivity (Wildman–Crippen MR) is 82.3 cm³/mol. The summed E-state index contributed by atoms with van der Waals surface area (Å²) in [5.74, 6) is 0.104. The van der Waals surface area contributed by atoms with Crippen molar-refractivity contribution in [2.45, 2.75) is 70.1 Å². The Kier molecular flexibility index (Phi) is 6.45. The summed E-state index contributed by atoms with van der Waals surface area (Å²) < 4.78 is 11.3. The minimum atomic E-state index is 0.00705.